The van der Waals surface area contributed by atoms with Gasteiger partial charge in [0.2, 0.25) is 0 Å². The second kappa shape index (κ2) is 7.44. The fraction of sp³-hybridized carbons (Fsp3) is 1.00. The molecule has 8 atom stereocenters. The minimum atomic E-state index is 0.685. The van der Waals surface area contributed by atoms with E-state index >= 15 is 0 Å². The van der Waals surface area contributed by atoms with Crippen molar-refractivity contribution in [1.82, 2.24) is 0 Å². The van der Waals surface area contributed by atoms with E-state index in [1.54, 1.807) is 51.4 Å². The zero-order valence-electron chi connectivity index (χ0n) is 18.4. The summed E-state index contributed by atoms with van der Waals surface area (Å²) < 4.78 is 0. The SMILES string of the molecule is CCCCCC(C)C1CCC2C3CCC4CCCCC4(C)C3CCC12C. The molecule has 0 aromatic carbocycles. The highest BCUT2D eigenvalue weighted by molar-refractivity contribution is 5.09. The van der Waals surface area contributed by atoms with Crippen LogP contribution in [0.3, 0.4) is 0 Å². The van der Waals surface area contributed by atoms with Gasteiger partial charge in [0.25, 0.3) is 0 Å². The lowest BCUT2D eigenvalue weighted by Crippen LogP contribution is -2.53. The van der Waals surface area contributed by atoms with E-state index in [4.69, 9.17) is 0 Å². The number of hydrogen-bond acceptors (Lipinski definition) is 0. The van der Waals surface area contributed by atoms with Crippen LogP contribution < -0.4 is 0 Å². The van der Waals surface area contributed by atoms with Crippen molar-refractivity contribution in [1.29, 1.82) is 0 Å². The van der Waals surface area contributed by atoms with Crippen molar-refractivity contribution >= 4 is 0 Å². The number of rotatable bonds is 5. The van der Waals surface area contributed by atoms with Gasteiger partial charge in [-0.15, -0.1) is 0 Å². The first-order valence-corrected chi connectivity index (χ1v) is 12.5. The lowest BCUT2D eigenvalue weighted by Gasteiger charge is -2.61. The van der Waals surface area contributed by atoms with Crippen LogP contribution in [0.25, 0.3) is 0 Å². The Kier molecular flexibility index (Phi) is 5.53. The predicted molar refractivity (Wildman–Crippen MR) is 113 cm³/mol. The van der Waals surface area contributed by atoms with Gasteiger partial charge in [-0.3, -0.25) is 0 Å². The van der Waals surface area contributed by atoms with Crippen molar-refractivity contribution in [2.45, 2.75) is 118 Å². The monoisotopic (exact) mass is 358 g/mol. The molecular formula is C26H46. The van der Waals surface area contributed by atoms with Crippen LogP contribution in [0.2, 0.25) is 0 Å². The maximum atomic E-state index is 2.75. The van der Waals surface area contributed by atoms with Crippen molar-refractivity contribution in [2.75, 3.05) is 0 Å². The van der Waals surface area contributed by atoms with E-state index in [-0.39, 0.29) is 0 Å². The molecule has 0 aromatic rings. The molecule has 150 valence electrons. The summed E-state index contributed by atoms with van der Waals surface area (Å²) in [6, 6.07) is 0. The smallest absolute Gasteiger partial charge is 0.0264 e. The molecule has 4 aliphatic rings. The van der Waals surface area contributed by atoms with Gasteiger partial charge in [0.1, 0.15) is 0 Å². The Morgan fingerprint density at radius 3 is 2.42 bits per heavy atom. The van der Waals surface area contributed by atoms with Crippen LogP contribution in [0.15, 0.2) is 0 Å². The summed E-state index contributed by atoms with van der Waals surface area (Å²) in [4.78, 5) is 0. The minimum absolute atomic E-state index is 0.685. The molecule has 0 heterocycles. The Labute approximate surface area is 164 Å². The molecular weight excluding hydrogens is 312 g/mol. The Balaban J connectivity index is 1.49. The van der Waals surface area contributed by atoms with E-state index in [9.17, 15) is 0 Å². The summed E-state index contributed by atoms with van der Waals surface area (Å²) in [6.07, 6.45) is 21.4. The van der Waals surface area contributed by atoms with Gasteiger partial charge in [-0.25, -0.2) is 0 Å². The number of fused-ring (bicyclic) bond motifs is 5. The summed E-state index contributed by atoms with van der Waals surface area (Å²) in [5.41, 5.74) is 1.40. The van der Waals surface area contributed by atoms with E-state index in [1.807, 2.05) is 0 Å². The molecule has 0 nitrogen and oxygen atoms in total. The average molecular weight is 359 g/mol. The van der Waals surface area contributed by atoms with E-state index < -0.39 is 0 Å². The van der Waals surface area contributed by atoms with Gasteiger partial charge in [0, 0.05) is 0 Å². The van der Waals surface area contributed by atoms with Crippen molar-refractivity contribution in [3.63, 3.8) is 0 Å². The van der Waals surface area contributed by atoms with Gasteiger partial charge in [0.05, 0.1) is 0 Å². The highest BCUT2D eigenvalue weighted by Crippen LogP contribution is 2.68. The Morgan fingerprint density at radius 1 is 0.808 bits per heavy atom. The van der Waals surface area contributed by atoms with E-state index in [1.165, 1.54) is 38.5 Å². The first kappa shape index (κ1) is 19.3. The Bertz CT molecular complexity index is 480. The van der Waals surface area contributed by atoms with Crippen LogP contribution in [0.4, 0.5) is 0 Å². The van der Waals surface area contributed by atoms with Gasteiger partial charge in [0.15, 0.2) is 0 Å². The summed E-state index contributed by atoms with van der Waals surface area (Å²) in [5, 5.41) is 0. The lowest BCUT2D eigenvalue weighted by atomic mass is 9.44. The highest BCUT2D eigenvalue weighted by Gasteiger charge is 2.59. The normalized spacial score (nSPS) is 49.2. The maximum absolute atomic E-state index is 2.75. The molecule has 0 amide bonds. The van der Waals surface area contributed by atoms with Crippen LogP contribution in [0.1, 0.15) is 118 Å². The van der Waals surface area contributed by atoms with E-state index in [0.29, 0.717) is 10.8 Å². The van der Waals surface area contributed by atoms with E-state index in [2.05, 4.69) is 27.7 Å². The molecule has 0 bridgehead atoms. The minimum Gasteiger partial charge on any atom is -0.0654 e. The van der Waals surface area contributed by atoms with Crippen LogP contribution >= 0.6 is 0 Å². The second-order valence-corrected chi connectivity index (χ2v) is 11.6. The average Bonchev–Trinajstić information content (AvgIpc) is 2.98. The molecule has 0 heteroatoms. The van der Waals surface area contributed by atoms with Gasteiger partial charge in [-0.2, -0.15) is 0 Å². The largest absolute Gasteiger partial charge is 0.0654 e. The Hall–Kier alpha value is 0. The van der Waals surface area contributed by atoms with Crippen LogP contribution in [0, 0.1) is 46.3 Å². The molecule has 0 N–H and O–H groups in total. The third-order valence-electron chi connectivity index (χ3n) is 10.6. The third kappa shape index (κ3) is 3.00. The zero-order valence-corrected chi connectivity index (χ0v) is 18.4. The molecule has 0 spiro atoms. The number of unbranched alkanes of at least 4 members (excludes halogenated alkanes) is 2. The molecule has 4 saturated carbocycles. The quantitative estimate of drug-likeness (QED) is 0.434. The summed E-state index contributed by atoms with van der Waals surface area (Å²) >= 11 is 0. The van der Waals surface area contributed by atoms with Crippen molar-refractivity contribution in [2.24, 2.45) is 46.3 Å². The lowest BCUT2D eigenvalue weighted by molar-refractivity contribution is -0.114. The predicted octanol–water partition coefficient (Wildman–Crippen LogP) is 8.25. The van der Waals surface area contributed by atoms with Crippen LogP contribution in [0.5, 0.6) is 0 Å². The van der Waals surface area contributed by atoms with Crippen molar-refractivity contribution in [3.8, 4) is 0 Å². The maximum Gasteiger partial charge on any atom is -0.0264 e. The van der Waals surface area contributed by atoms with Crippen molar-refractivity contribution < 1.29 is 0 Å². The molecule has 0 radical (unpaired) electrons. The standard InChI is InChI=1S/C26H46/c1-5-6-7-10-19(2)22-14-15-23-21-13-12-20-11-8-9-17-25(20,3)24(21)16-18-26(22,23)4/h19-24H,5-18H2,1-4H3. The van der Waals surface area contributed by atoms with Gasteiger partial charge < -0.3 is 0 Å². The molecule has 0 aromatic heterocycles. The first-order chi connectivity index (χ1) is 12.5. The molecule has 0 saturated heterocycles. The summed E-state index contributed by atoms with van der Waals surface area (Å²) in [6.45, 7) is 10.4. The van der Waals surface area contributed by atoms with Crippen molar-refractivity contribution in [3.05, 3.63) is 0 Å². The molecule has 4 rings (SSSR count). The van der Waals surface area contributed by atoms with Gasteiger partial charge in [-0.05, 0) is 97.7 Å². The topological polar surface area (TPSA) is 0 Å². The van der Waals surface area contributed by atoms with E-state index in [0.717, 1.165) is 35.5 Å². The second-order valence-electron chi connectivity index (χ2n) is 11.6. The summed E-state index contributed by atoms with van der Waals surface area (Å²) in [5.74, 6) is 6.30. The third-order valence-corrected chi connectivity index (χ3v) is 10.6. The molecule has 4 aliphatic carbocycles. The Morgan fingerprint density at radius 2 is 1.62 bits per heavy atom. The highest BCUT2D eigenvalue weighted by atomic mass is 14.6. The fourth-order valence-electron chi connectivity index (χ4n) is 9.19. The molecule has 26 heavy (non-hydrogen) atoms. The first-order valence-electron chi connectivity index (χ1n) is 12.5. The molecule has 8 unspecified atom stereocenters. The van der Waals surface area contributed by atoms with Crippen LogP contribution in [-0.2, 0) is 0 Å². The zero-order chi connectivity index (χ0) is 18.4. The van der Waals surface area contributed by atoms with Crippen LogP contribution in [-0.4, -0.2) is 0 Å². The van der Waals surface area contributed by atoms with Gasteiger partial charge >= 0.3 is 0 Å². The van der Waals surface area contributed by atoms with Gasteiger partial charge in [-0.1, -0.05) is 66.2 Å². The molecule has 0 aliphatic heterocycles. The summed E-state index contributed by atoms with van der Waals surface area (Å²) in [7, 11) is 0. The molecule has 4 fully saturated rings. The fourth-order valence-corrected chi connectivity index (χ4v) is 9.19. The number of hydrogen-bond donors (Lipinski definition) is 0.